The third kappa shape index (κ3) is 2.89. The number of hydrogen-bond donors (Lipinski definition) is 2. The van der Waals surface area contributed by atoms with E-state index in [4.69, 9.17) is 11.5 Å². The first-order valence-electron chi connectivity index (χ1n) is 6.51. The Kier molecular flexibility index (Phi) is 4.21. The zero-order valence-corrected chi connectivity index (χ0v) is 11.3. The van der Waals surface area contributed by atoms with Crippen molar-refractivity contribution in [2.45, 2.75) is 25.8 Å². The average Bonchev–Trinajstić information content (AvgIpc) is 2.46. The molecule has 4 heteroatoms. The van der Waals surface area contributed by atoms with Crippen LogP contribution in [0.2, 0.25) is 0 Å². The molecule has 1 atom stereocenters. The summed E-state index contributed by atoms with van der Waals surface area (Å²) in [7, 11) is 0. The number of rotatable bonds is 5. The summed E-state index contributed by atoms with van der Waals surface area (Å²) in [6, 6.07) is 8.82. The molecule has 20 heavy (non-hydrogen) atoms. The van der Waals surface area contributed by atoms with Crippen molar-refractivity contribution in [2.75, 3.05) is 5.32 Å². The number of aromatic carboxylic acids is 1. The smallest absolute Gasteiger partial charge is 0.354 e. The minimum atomic E-state index is -1.05. The molecule has 0 fully saturated rings. The molecule has 0 saturated heterocycles. The Hall–Kier alpha value is -2.54. The van der Waals surface area contributed by atoms with E-state index in [1.54, 1.807) is 6.07 Å². The van der Waals surface area contributed by atoms with Gasteiger partial charge in [-0.25, -0.2) is 9.78 Å². The van der Waals surface area contributed by atoms with Gasteiger partial charge in [0.1, 0.15) is 0 Å². The highest BCUT2D eigenvalue weighted by Gasteiger charge is 2.12. The van der Waals surface area contributed by atoms with Gasteiger partial charge in [-0.05, 0) is 18.6 Å². The normalized spacial score (nSPS) is 11.8. The Morgan fingerprint density at radius 2 is 2.25 bits per heavy atom. The van der Waals surface area contributed by atoms with Crippen LogP contribution in [0.4, 0.5) is 5.69 Å². The van der Waals surface area contributed by atoms with Gasteiger partial charge >= 0.3 is 5.97 Å². The lowest BCUT2D eigenvalue weighted by Crippen LogP contribution is -2.17. The quantitative estimate of drug-likeness (QED) is 0.818. The molecule has 0 aliphatic heterocycles. The van der Waals surface area contributed by atoms with Crippen molar-refractivity contribution in [3.05, 3.63) is 36.0 Å². The number of carbonyl (C=O) groups is 1. The second kappa shape index (κ2) is 6.07. The third-order valence-corrected chi connectivity index (χ3v) is 3.04. The SMILES string of the molecule is C#CC(CCC)Nc1cc(C(=O)O)nc2ccccc12. The van der Waals surface area contributed by atoms with Gasteiger partial charge in [-0.1, -0.05) is 37.5 Å². The molecule has 0 spiro atoms. The Bertz CT molecular complexity index is 674. The van der Waals surface area contributed by atoms with Crippen LogP contribution in [0, 0.1) is 12.3 Å². The van der Waals surface area contributed by atoms with Crippen molar-refractivity contribution in [1.82, 2.24) is 4.98 Å². The van der Waals surface area contributed by atoms with E-state index in [0.29, 0.717) is 11.2 Å². The highest BCUT2D eigenvalue weighted by atomic mass is 16.4. The molecule has 1 aromatic heterocycles. The summed E-state index contributed by atoms with van der Waals surface area (Å²) in [5.74, 6) is 1.64. The first kappa shape index (κ1) is 13.9. The largest absolute Gasteiger partial charge is 0.477 e. The van der Waals surface area contributed by atoms with Crippen molar-refractivity contribution >= 4 is 22.6 Å². The van der Waals surface area contributed by atoms with E-state index < -0.39 is 5.97 Å². The molecule has 0 aliphatic rings. The predicted octanol–water partition coefficient (Wildman–Crippen LogP) is 3.15. The van der Waals surface area contributed by atoms with Crippen LogP contribution < -0.4 is 5.32 Å². The van der Waals surface area contributed by atoms with E-state index >= 15 is 0 Å². The van der Waals surface area contributed by atoms with Gasteiger partial charge in [-0.2, -0.15) is 0 Å². The number of pyridine rings is 1. The molecule has 0 aliphatic carbocycles. The lowest BCUT2D eigenvalue weighted by Gasteiger charge is -2.16. The van der Waals surface area contributed by atoms with E-state index in [1.165, 1.54) is 6.07 Å². The van der Waals surface area contributed by atoms with Crippen LogP contribution in [0.1, 0.15) is 30.3 Å². The number of para-hydroxylation sites is 1. The van der Waals surface area contributed by atoms with Gasteiger partial charge in [0.2, 0.25) is 0 Å². The number of benzene rings is 1. The monoisotopic (exact) mass is 268 g/mol. The van der Waals surface area contributed by atoms with Gasteiger partial charge in [0.05, 0.1) is 11.6 Å². The molecule has 0 saturated carbocycles. The Morgan fingerprint density at radius 1 is 1.50 bits per heavy atom. The van der Waals surface area contributed by atoms with Gasteiger partial charge in [-0.3, -0.25) is 0 Å². The number of nitrogens with zero attached hydrogens (tertiary/aromatic N) is 1. The number of terminal acetylenes is 1. The van der Waals surface area contributed by atoms with Crippen molar-refractivity contribution < 1.29 is 9.90 Å². The molecule has 1 aromatic carbocycles. The van der Waals surface area contributed by atoms with Crippen LogP contribution in [0.25, 0.3) is 10.9 Å². The fourth-order valence-electron chi connectivity index (χ4n) is 2.08. The summed E-state index contributed by atoms with van der Waals surface area (Å²) in [4.78, 5) is 15.3. The molecule has 0 bridgehead atoms. The van der Waals surface area contributed by atoms with E-state index in [-0.39, 0.29) is 11.7 Å². The first-order chi connectivity index (χ1) is 9.65. The van der Waals surface area contributed by atoms with Crippen LogP contribution in [0.15, 0.2) is 30.3 Å². The highest BCUT2D eigenvalue weighted by molar-refractivity contribution is 5.97. The van der Waals surface area contributed by atoms with Gasteiger partial charge in [-0.15, -0.1) is 6.42 Å². The number of fused-ring (bicyclic) bond motifs is 1. The number of carboxylic acids is 1. The Morgan fingerprint density at radius 3 is 2.90 bits per heavy atom. The van der Waals surface area contributed by atoms with E-state index in [1.807, 2.05) is 18.2 Å². The summed E-state index contributed by atoms with van der Waals surface area (Å²) in [6.45, 7) is 2.05. The van der Waals surface area contributed by atoms with Gasteiger partial charge in [0.25, 0.3) is 0 Å². The molecular formula is C16H16N2O2. The lowest BCUT2D eigenvalue weighted by molar-refractivity contribution is 0.0691. The fraction of sp³-hybridized carbons (Fsp3) is 0.250. The Labute approximate surface area is 117 Å². The van der Waals surface area contributed by atoms with Crippen LogP contribution in [0.3, 0.4) is 0 Å². The van der Waals surface area contributed by atoms with Crippen LogP contribution in [-0.4, -0.2) is 22.1 Å². The van der Waals surface area contributed by atoms with Gasteiger partial charge in [0, 0.05) is 11.1 Å². The van der Waals surface area contributed by atoms with E-state index in [0.717, 1.165) is 18.2 Å². The number of anilines is 1. The standard InChI is InChI=1S/C16H16N2O2/c1-3-7-11(4-2)17-14-10-15(16(19)20)18-13-9-6-5-8-12(13)14/h2,5-6,8-11H,3,7H2,1H3,(H,17,18)(H,19,20). The molecule has 2 aromatic rings. The lowest BCUT2D eigenvalue weighted by atomic mass is 10.1. The topological polar surface area (TPSA) is 62.2 Å². The first-order valence-corrected chi connectivity index (χ1v) is 6.51. The molecule has 0 radical (unpaired) electrons. The van der Waals surface area contributed by atoms with Crippen molar-refractivity contribution in [3.8, 4) is 12.3 Å². The molecule has 4 nitrogen and oxygen atoms in total. The number of hydrogen-bond acceptors (Lipinski definition) is 3. The minimum absolute atomic E-state index is 0.0125. The van der Waals surface area contributed by atoms with Crippen LogP contribution in [-0.2, 0) is 0 Å². The Balaban J connectivity index is 2.50. The number of nitrogens with one attached hydrogen (secondary N) is 1. The molecule has 2 N–H and O–H groups in total. The zero-order valence-electron chi connectivity index (χ0n) is 11.3. The van der Waals surface area contributed by atoms with E-state index in [9.17, 15) is 4.79 Å². The molecule has 102 valence electrons. The molecule has 1 heterocycles. The summed E-state index contributed by atoms with van der Waals surface area (Å²) in [6.07, 6.45) is 7.29. The van der Waals surface area contributed by atoms with Crippen molar-refractivity contribution in [2.24, 2.45) is 0 Å². The highest BCUT2D eigenvalue weighted by Crippen LogP contribution is 2.24. The van der Waals surface area contributed by atoms with Crippen LogP contribution in [0.5, 0.6) is 0 Å². The average molecular weight is 268 g/mol. The van der Waals surface area contributed by atoms with Crippen LogP contribution >= 0.6 is 0 Å². The van der Waals surface area contributed by atoms with E-state index in [2.05, 4.69) is 23.1 Å². The zero-order chi connectivity index (χ0) is 14.5. The predicted molar refractivity (Wildman–Crippen MR) is 79.9 cm³/mol. The van der Waals surface area contributed by atoms with Crippen molar-refractivity contribution in [3.63, 3.8) is 0 Å². The molecular weight excluding hydrogens is 252 g/mol. The maximum Gasteiger partial charge on any atom is 0.354 e. The third-order valence-electron chi connectivity index (χ3n) is 3.04. The second-order valence-electron chi connectivity index (χ2n) is 4.53. The summed E-state index contributed by atoms with van der Waals surface area (Å²) < 4.78 is 0. The summed E-state index contributed by atoms with van der Waals surface area (Å²) >= 11 is 0. The minimum Gasteiger partial charge on any atom is -0.477 e. The maximum atomic E-state index is 11.1. The molecule has 1 unspecified atom stereocenters. The second-order valence-corrected chi connectivity index (χ2v) is 4.53. The summed E-state index contributed by atoms with van der Waals surface area (Å²) in [5, 5.41) is 13.2. The fourth-order valence-corrected chi connectivity index (χ4v) is 2.08. The number of carboxylic acid groups (broad SMARTS) is 1. The summed E-state index contributed by atoms with van der Waals surface area (Å²) in [5.41, 5.74) is 1.37. The van der Waals surface area contributed by atoms with Crippen molar-refractivity contribution in [1.29, 1.82) is 0 Å². The molecule has 0 amide bonds. The molecule has 2 rings (SSSR count). The number of aromatic nitrogens is 1. The van der Waals surface area contributed by atoms with Gasteiger partial charge in [0.15, 0.2) is 5.69 Å². The maximum absolute atomic E-state index is 11.1. The van der Waals surface area contributed by atoms with Gasteiger partial charge < -0.3 is 10.4 Å².